The second-order valence-corrected chi connectivity index (χ2v) is 12.2. The number of furan rings is 1. The summed E-state index contributed by atoms with van der Waals surface area (Å²) in [7, 11) is 0. The summed E-state index contributed by atoms with van der Waals surface area (Å²) in [6.45, 7) is 2.35. The maximum atomic E-state index is 6.87. The molecule has 1 aliphatic rings. The van der Waals surface area contributed by atoms with Crippen LogP contribution in [0.15, 0.2) is 132 Å². The van der Waals surface area contributed by atoms with E-state index in [2.05, 4.69) is 140 Å². The average Bonchev–Trinajstić information content (AvgIpc) is 3.67. The second kappa shape index (κ2) is 8.33. The number of benzene rings is 6. The van der Waals surface area contributed by atoms with Crippen molar-refractivity contribution in [1.82, 2.24) is 0 Å². The monoisotopic (exact) mass is 543 g/mol. The molecule has 2 aromatic heterocycles. The molecule has 0 spiro atoms. The summed E-state index contributed by atoms with van der Waals surface area (Å²) in [5, 5.41) is 8.57. The molecule has 41 heavy (non-hydrogen) atoms. The number of hydrogen-bond donors (Lipinski definition) is 1. The summed E-state index contributed by atoms with van der Waals surface area (Å²) in [6, 6.07) is 45.9. The highest BCUT2D eigenvalue weighted by molar-refractivity contribution is 7.25. The number of thiophene rings is 1. The van der Waals surface area contributed by atoms with Crippen molar-refractivity contribution in [1.29, 1.82) is 0 Å². The molecule has 0 atom stereocenters. The van der Waals surface area contributed by atoms with Crippen molar-refractivity contribution in [3.63, 3.8) is 0 Å². The first-order valence-electron chi connectivity index (χ1n) is 14.0. The number of fused-ring (bicyclic) bond motifs is 9. The Bertz CT molecular complexity index is 2280. The predicted molar refractivity (Wildman–Crippen MR) is 174 cm³/mol. The van der Waals surface area contributed by atoms with E-state index in [9.17, 15) is 0 Å². The zero-order valence-corrected chi connectivity index (χ0v) is 23.3. The Balaban J connectivity index is 1.22. The van der Waals surface area contributed by atoms with Gasteiger partial charge < -0.3 is 9.73 Å². The lowest BCUT2D eigenvalue weighted by Crippen LogP contribution is -2.22. The minimum atomic E-state index is -0.319. The molecule has 0 amide bonds. The lowest BCUT2D eigenvalue weighted by atomic mass is 9.74. The molecule has 6 aromatic carbocycles. The van der Waals surface area contributed by atoms with Crippen LogP contribution in [-0.4, -0.2) is 0 Å². The van der Waals surface area contributed by atoms with E-state index in [1.807, 2.05) is 11.3 Å². The maximum absolute atomic E-state index is 6.87. The topological polar surface area (TPSA) is 25.2 Å². The number of hydrogen-bond acceptors (Lipinski definition) is 3. The molecule has 0 bridgehead atoms. The van der Waals surface area contributed by atoms with Crippen LogP contribution >= 0.6 is 11.3 Å². The van der Waals surface area contributed by atoms with Gasteiger partial charge in [-0.15, -0.1) is 11.3 Å². The molecular weight excluding hydrogens is 518 g/mol. The molecule has 8 aromatic rings. The molecule has 0 aliphatic heterocycles. The van der Waals surface area contributed by atoms with Gasteiger partial charge in [-0.05, 0) is 53.4 Å². The highest BCUT2D eigenvalue weighted by atomic mass is 32.1. The SMILES string of the molecule is CC1(c2cccc3c2oc2c(Nc4ccc5c(c4)sc4ccccc45)cccc23)c2ccccc2-c2ccccc21. The maximum Gasteiger partial charge on any atom is 0.158 e. The largest absolute Gasteiger partial charge is 0.454 e. The van der Waals surface area contributed by atoms with Crippen molar-refractivity contribution in [2.45, 2.75) is 12.3 Å². The van der Waals surface area contributed by atoms with Crippen LogP contribution in [0.5, 0.6) is 0 Å². The Morgan fingerprint density at radius 1 is 0.537 bits per heavy atom. The van der Waals surface area contributed by atoms with Crippen molar-refractivity contribution < 1.29 is 4.42 Å². The van der Waals surface area contributed by atoms with Gasteiger partial charge in [0, 0.05) is 47.6 Å². The first kappa shape index (κ1) is 22.9. The van der Waals surface area contributed by atoms with E-state index in [1.54, 1.807) is 0 Å². The number of rotatable bonds is 3. The van der Waals surface area contributed by atoms with Crippen molar-refractivity contribution in [3.05, 3.63) is 144 Å². The highest BCUT2D eigenvalue weighted by Gasteiger charge is 2.42. The molecule has 0 radical (unpaired) electrons. The molecule has 0 unspecified atom stereocenters. The fourth-order valence-corrected chi connectivity index (χ4v) is 8.16. The smallest absolute Gasteiger partial charge is 0.158 e. The summed E-state index contributed by atoms with van der Waals surface area (Å²) in [5.74, 6) is 0. The third kappa shape index (κ3) is 3.12. The van der Waals surface area contributed by atoms with Gasteiger partial charge in [0.15, 0.2) is 5.58 Å². The Morgan fingerprint density at radius 2 is 1.15 bits per heavy atom. The van der Waals surface area contributed by atoms with Crippen LogP contribution in [-0.2, 0) is 5.41 Å². The third-order valence-corrected chi connectivity index (χ3v) is 10.1. The molecule has 0 saturated heterocycles. The lowest BCUT2D eigenvalue weighted by Gasteiger charge is -2.28. The van der Waals surface area contributed by atoms with Gasteiger partial charge in [-0.25, -0.2) is 0 Å². The van der Waals surface area contributed by atoms with Crippen LogP contribution in [0.3, 0.4) is 0 Å². The summed E-state index contributed by atoms with van der Waals surface area (Å²) in [4.78, 5) is 0. The summed E-state index contributed by atoms with van der Waals surface area (Å²) < 4.78 is 9.46. The predicted octanol–water partition coefficient (Wildman–Crippen LogP) is 11.0. The van der Waals surface area contributed by atoms with E-state index < -0.39 is 0 Å². The molecule has 2 nitrogen and oxygen atoms in total. The average molecular weight is 544 g/mol. The second-order valence-electron chi connectivity index (χ2n) is 11.1. The number of para-hydroxylation sites is 2. The van der Waals surface area contributed by atoms with E-state index in [-0.39, 0.29) is 5.41 Å². The number of nitrogens with one attached hydrogen (secondary N) is 1. The molecule has 0 saturated carbocycles. The van der Waals surface area contributed by atoms with Gasteiger partial charge in [0.2, 0.25) is 0 Å². The third-order valence-electron chi connectivity index (χ3n) is 8.94. The molecule has 194 valence electrons. The van der Waals surface area contributed by atoms with Crippen molar-refractivity contribution >= 4 is 64.8 Å². The molecule has 1 N–H and O–H groups in total. The van der Waals surface area contributed by atoms with Gasteiger partial charge in [0.1, 0.15) is 5.58 Å². The molecule has 3 heteroatoms. The zero-order valence-electron chi connectivity index (χ0n) is 22.4. The van der Waals surface area contributed by atoms with E-state index in [4.69, 9.17) is 4.42 Å². The molecule has 1 aliphatic carbocycles. The fraction of sp³-hybridized carbons (Fsp3) is 0.0526. The van der Waals surface area contributed by atoms with Gasteiger partial charge in [0.05, 0.1) is 5.69 Å². The number of anilines is 2. The minimum Gasteiger partial charge on any atom is -0.454 e. The van der Waals surface area contributed by atoms with E-state index in [0.29, 0.717) is 0 Å². The zero-order chi connectivity index (χ0) is 27.1. The first-order valence-corrected chi connectivity index (χ1v) is 14.8. The summed E-state index contributed by atoms with van der Waals surface area (Å²) >= 11 is 1.83. The van der Waals surface area contributed by atoms with Crippen LogP contribution in [0.4, 0.5) is 11.4 Å². The van der Waals surface area contributed by atoms with Crippen molar-refractivity contribution in [2.75, 3.05) is 5.32 Å². The van der Waals surface area contributed by atoms with Crippen LogP contribution in [0.1, 0.15) is 23.6 Å². The normalized spacial score (nSPS) is 13.7. The highest BCUT2D eigenvalue weighted by Crippen LogP contribution is 2.54. The van der Waals surface area contributed by atoms with Crippen LogP contribution in [0.2, 0.25) is 0 Å². The van der Waals surface area contributed by atoms with Gasteiger partial charge >= 0.3 is 0 Å². The Kier molecular flexibility index (Phi) is 4.65. The Labute approximate surface area is 241 Å². The van der Waals surface area contributed by atoms with Gasteiger partial charge in [-0.1, -0.05) is 103 Å². The summed E-state index contributed by atoms with van der Waals surface area (Å²) in [6.07, 6.45) is 0. The van der Waals surface area contributed by atoms with E-state index >= 15 is 0 Å². The molecule has 0 fully saturated rings. The van der Waals surface area contributed by atoms with Gasteiger partial charge in [0.25, 0.3) is 0 Å². The lowest BCUT2D eigenvalue weighted by molar-refractivity contribution is 0.638. The molecule has 2 heterocycles. The fourth-order valence-electron chi connectivity index (χ4n) is 7.01. The van der Waals surface area contributed by atoms with Crippen LogP contribution in [0.25, 0.3) is 53.2 Å². The Morgan fingerprint density at radius 3 is 1.95 bits per heavy atom. The molecule has 9 rings (SSSR count). The van der Waals surface area contributed by atoms with Crippen molar-refractivity contribution in [2.24, 2.45) is 0 Å². The van der Waals surface area contributed by atoms with E-state index in [0.717, 1.165) is 33.3 Å². The van der Waals surface area contributed by atoms with Crippen LogP contribution in [0, 0.1) is 0 Å². The van der Waals surface area contributed by atoms with Gasteiger partial charge in [-0.2, -0.15) is 0 Å². The minimum absolute atomic E-state index is 0.319. The molecular formula is C38H25NOS. The van der Waals surface area contributed by atoms with Gasteiger partial charge in [-0.3, -0.25) is 0 Å². The van der Waals surface area contributed by atoms with Crippen LogP contribution < -0.4 is 5.32 Å². The standard InChI is InChI=1S/C38H25NOS/c1-38(30-15-5-2-10-24(30)25-11-3-6-16-31(25)38)32-17-8-13-28-29-14-9-18-33(37(29)40-36(28)32)39-23-20-21-27-26-12-4-7-19-34(26)41-35(27)22-23/h2-22,39H,1H3. The van der Waals surface area contributed by atoms with Crippen molar-refractivity contribution in [3.8, 4) is 11.1 Å². The Hall–Kier alpha value is -4.86. The van der Waals surface area contributed by atoms with E-state index in [1.165, 1.54) is 48.0 Å². The summed E-state index contributed by atoms with van der Waals surface area (Å²) in [5.41, 5.74) is 10.00. The quantitative estimate of drug-likeness (QED) is 0.240. The first-order chi connectivity index (χ1) is 20.2.